The maximum Gasteiger partial charge on any atom is 0.328 e. The summed E-state index contributed by atoms with van der Waals surface area (Å²) < 4.78 is 22.7. The van der Waals surface area contributed by atoms with Crippen LogP contribution in [-0.2, 0) is 14.6 Å². The summed E-state index contributed by atoms with van der Waals surface area (Å²) in [5, 5.41) is 8.57. The lowest BCUT2D eigenvalue weighted by atomic mass is 10.2. The summed E-state index contributed by atoms with van der Waals surface area (Å²) in [5.41, 5.74) is 0.900. The number of carboxylic acid groups (broad SMARTS) is 1. The maximum atomic E-state index is 11.4. The van der Waals surface area contributed by atoms with Crippen LogP contribution in [0.2, 0.25) is 0 Å². The van der Waals surface area contributed by atoms with Gasteiger partial charge in [-0.2, -0.15) is 0 Å². The minimum absolute atomic E-state index is 0.281. The fourth-order valence-corrected chi connectivity index (χ4v) is 3.16. The molecule has 0 bridgehead atoms. The summed E-state index contributed by atoms with van der Waals surface area (Å²) in [7, 11) is -3.19. The molecule has 6 heteroatoms. The summed E-state index contributed by atoms with van der Waals surface area (Å²) in [6.07, 6.45) is 3.78. The lowest BCUT2D eigenvalue weighted by Gasteiger charge is -2.00. The highest BCUT2D eigenvalue weighted by Gasteiger charge is 2.07. The van der Waals surface area contributed by atoms with E-state index in [4.69, 9.17) is 5.11 Å². The van der Waals surface area contributed by atoms with Gasteiger partial charge in [-0.15, -0.1) is 11.3 Å². The van der Waals surface area contributed by atoms with E-state index in [2.05, 4.69) is 0 Å². The van der Waals surface area contributed by atoms with Crippen LogP contribution in [0.25, 0.3) is 16.5 Å². The Morgan fingerprint density at radius 3 is 2.35 bits per heavy atom. The molecular weight excluding hydrogens is 296 g/mol. The lowest BCUT2D eigenvalue weighted by Crippen LogP contribution is -1.95. The predicted molar refractivity (Wildman–Crippen MR) is 79.5 cm³/mol. The Balaban J connectivity index is 2.27. The first-order chi connectivity index (χ1) is 9.36. The summed E-state index contributed by atoms with van der Waals surface area (Å²) in [5.74, 6) is -0.988. The van der Waals surface area contributed by atoms with Crippen molar-refractivity contribution < 1.29 is 18.3 Å². The molecule has 2 rings (SSSR count). The van der Waals surface area contributed by atoms with Crippen LogP contribution < -0.4 is 0 Å². The number of carboxylic acids is 1. The molecule has 0 spiro atoms. The first-order valence-electron chi connectivity index (χ1n) is 5.67. The van der Waals surface area contributed by atoms with Gasteiger partial charge in [0.15, 0.2) is 9.84 Å². The Hall–Kier alpha value is -1.92. The number of benzene rings is 1. The molecule has 4 nitrogen and oxygen atoms in total. The fraction of sp³-hybridized carbons (Fsp3) is 0.0714. The summed E-state index contributed by atoms with van der Waals surface area (Å²) in [4.78, 5) is 12.5. The molecule has 0 atom stereocenters. The fourth-order valence-electron chi connectivity index (χ4n) is 1.62. The monoisotopic (exact) mass is 308 g/mol. The molecule has 104 valence electrons. The van der Waals surface area contributed by atoms with Crippen molar-refractivity contribution in [3.63, 3.8) is 0 Å². The van der Waals surface area contributed by atoms with Crippen LogP contribution >= 0.6 is 11.3 Å². The molecule has 0 aliphatic carbocycles. The molecule has 1 aromatic carbocycles. The van der Waals surface area contributed by atoms with Gasteiger partial charge < -0.3 is 5.11 Å². The minimum Gasteiger partial charge on any atom is -0.478 e. The zero-order valence-corrected chi connectivity index (χ0v) is 12.2. The highest BCUT2D eigenvalue weighted by Crippen LogP contribution is 2.29. The van der Waals surface area contributed by atoms with Crippen molar-refractivity contribution in [3.05, 3.63) is 47.4 Å². The molecule has 0 radical (unpaired) electrons. The molecule has 1 aromatic heterocycles. The molecule has 0 aliphatic rings. The van der Waals surface area contributed by atoms with Gasteiger partial charge in [-0.1, -0.05) is 12.1 Å². The first kappa shape index (κ1) is 14.5. The van der Waals surface area contributed by atoms with Crippen LogP contribution in [-0.4, -0.2) is 25.7 Å². The highest BCUT2D eigenvalue weighted by molar-refractivity contribution is 7.90. The quantitative estimate of drug-likeness (QED) is 0.882. The van der Waals surface area contributed by atoms with E-state index in [1.54, 1.807) is 24.3 Å². The van der Waals surface area contributed by atoms with Crippen LogP contribution in [0.4, 0.5) is 0 Å². The van der Waals surface area contributed by atoms with Gasteiger partial charge in [0.2, 0.25) is 0 Å². The predicted octanol–water partition coefficient (Wildman–Crippen LogP) is 2.92. The Morgan fingerprint density at radius 2 is 1.80 bits per heavy atom. The topological polar surface area (TPSA) is 71.4 Å². The van der Waals surface area contributed by atoms with E-state index in [0.29, 0.717) is 0 Å². The van der Waals surface area contributed by atoms with Gasteiger partial charge >= 0.3 is 5.97 Å². The standard InChI is InChI=1S/C14H12O4S2/c1-20(17,18)12-6-2-10(3-7-12)13-8-4-11(19-13)5-9-14(15)16/h2-9H,1H3,(H,15,16)/b9-5+. The molecule has 0 aliphatic heterocycles. The Morgan fingerprint density at radius 1 is 1.15 bits per heavy atom. The third kappa shape index (κ3) is 3.55. The van der Waals surface area contributed by atoms with Crippen LogP contribution in [0, 0.1) is 0 Å². The van der Waals surface area contributed by atoms with Gasteiger partial charge in [0.05, 0.1) is 4.90 Å². The average Bonchev–Trinajstić information content (AvgIpc) is 2.84. The average molecular weight is 308 g/mol. The van der Waals surface area contributed by atoms with Gasteiger partial charge in [0, 0.05) is 22.1 Å². The van der Waals surface area contributed by atoms with Crippen LogP contribution in [0.15, 0.2) is 47.4 Å². The van der Waals surface area contributed by atoms with Crippen molar-refractivity contribution in [2.45, 2.75) is 4.90 Å². The van der Waals surface area contributed by atoms with E-state index < -0.39 is 15.8 Å². The molecule has 1 N–H and O–H groups in total. The van der Waals surface area contributed by atoms with Crippen molar-refractivity contribution in [3.8, 4) is 10.4 Å². The highest BCUT2D eigenvalue weighted by atomic mass is 32.2. The second-order valence-corrected chi connectivity index (χ2v) is 7.30. The number of carbonyl (C=O) groups is 1. The SMILES string of the molecule is CS(=O)(=O)c1ccc(-c2ccc(/C=C/C(=O)O)s2)cc1. The van der Waals surface area contributed by atoms with Gasteiger partial charge in [0.25, 0.3) is 0 Å². The Bertz CT molecular complexity index is 753. The van der Waals surface area contributed by atoms with Crippen molar-refractivity contribution in [2.24, 2.45) is 0 Å². The molecule has 0 saturated heterocycles. The van der Waals surface area contributed by atoms with Crippen molar-refractivity contribution >= 4 is 33.2 Å². The van der Waals surface area contributed by atoms with E-state index in [-0.39, 0.29) is 4.90 Å². The van der Waals surface area contributed by atoms with Gasteiger partial charge in [-0.25, -0.2) is 13.2 Å². The summed E-state index contributed by atoms with van der Waals surface area (Å²) in [6, 6.07) is 10.3. The zero-order chi connectivity index (χ0) is 14.8. The molecule has 0 amide bonds. The number of hydrogen-bond acceptors (Lipinski definition) is 4. The second kappa shape index (κ2) is 5.60. The van der Waals surface area contributed by atoms with Crippen LogP contribution in [0.5, 0.6) is 0 Å². The van der Waals surface area contributed by atoms with E-state index >= 15 is 0 Å². The molecule has 0 saturated carbocycles. The number of aliphatic carboxylic acids is 1. The summed E-state index contributed by atoms with van der Waals surface area (Å²) in [6.45, 7) is 0. The number of thiophene rings is 1. The first-order valence-corrected chi connectivity index (χ1v) is 8.38. The minimum atomic E-state index is -3.19. The smallest absolute Gasteiger partial charge is 0.328 e. The molecule has 20 heavy (non-hydrogen) atoms. The molecule has 0 fully saturated rings. The van der Waals surface area contributed by atoms with E-state index in [9.17, 15) is 13.2 Å². The van der Waals surface area contributed by atoms with Crippen LogP contribution in [0.1, 0.15) is 4.88 Å². The van der Waals surface area contributed by atoms with Crippen molar-refractivity contribution in [1.82, 2.24) is 0 Å². The molecule has 2 aromatic rings. The summed E-state index contributed by atoms with van der Waals surface area (Å²) >= 11 is 1.44. The number of sulfone groups is 1. The van der Waals surface area contributed by atoms with Crippen molar-refractivity contribution in [2.75, 3.05) is 6.26 Å². The molecular formula is C14H12O4S2. The van der Waals surface area contributed by atoms with Gasteiger partial charge in [-0.05, 0) is 35.9 Å². The van der Waals surface area contributed by atoms with E-state index in [1.807, 2.05) is 12.1 Å². The Kier molecular flexibility index (Phi) is 4.06. The van der Waals surface area contributed by atoms with Gasteiger partial charge in [0.1, 0.15) is 0 Å². The zero-order valence-electron chi connectivity index (χ0n) is 10.6. The third-order valence-corrected chi connectivity index (χ3v) is 4.81. The van der Waals surface area contributed by atoms with Crippen molar-refractivity contribution in [1.29, 1.82) is 0 Å². The largest absolute Gasteiger partial charge is 0.478 e. The van der Waals surface area contributed by atoms with E-state index in [1.165, 1.54) is 23.7 Å². The second-order valence-electron chi connectivity index (χ2n) is 4.17. The number of rotatable bonds is 4. The molecule has 0 unspecified atom stereocenters. The van der Waals surface area contributed by atoms with Gasteiger partial charge in [-0.3, -0.25) is 0 Å². The third-order valence-electron chi connectivity index (χ3n) is 2.58. The van der Waals surface area contributed by atoms with E-state index in [0.717, 1.165) is 21.4 Å². The Labute approximate surface area is 120 Å². The molecule has 1 heterocycles. The normalized spacial score (nSPS) is 11.8. The maximum absolute atomic E-state index is 11.4. The van der Waals surface area contributed by atoms with Crippen LogP contribution in [0.3, 0.4) is 0 Å². The number of hydrogen-bond donors (Lipinski definition) is 1. The lowest BCUT2D eigenvalue weighted by molar-refractivity contribution is -0.131.